The van der Waals surface area contributed by atoms with Crippen LogP contribution >= 0.6 is 0 Å². The molecule has 0 bridgehead atoms. The van der Waals surface area contributed by atoms with Crippen LogP contribution in [0.25, 0.3) is 5.57 Å². The van der Waals surface area contributed by atoms with Gasteiger partial charge in [-0.05, 0) is 84.4 Å². The van der Waals surface area contributed by atoms with Gasteiger partial charge in [0.05, 0.1) is 12.7 Å². The van der Waals surface area contributed by atoms with E-state index < -0.39 is 0 Å². The Balaban J connectivity index is 0.00000133. The van der Waals surface area contributed by atoms with Gasteiger partial charge in [0, 0.05) is 5.41 Å². The van der Waals surface area contributed by atoms with Crippen molar-refractivity contribution in [2.75, 3.05) is 7.11 Å². The third-order valence-electron chi connectivity index (χ3n) is 7.53. The Morgan fingerprint density at radius 1 is 0.971 bits per heavy atom. The third-order valence-corrected chi connectivity index (χ3v) is 7.53. The zero-order valence-electron chi connectivity index (χ0n) is 20.7. The second-order valence-corrected chi connectivity index (χ2v) is 9.27. The highest BCUT2D eigenvalue weighted by atomic mass is 16.5. The second kappa shape index (κ2) is 10.9. The molecule has 34 heavy (non-hydrogen) atoms. The van der Waals surface area contributed by atoms with E-state index in [4.69, 9.17) is 4.74 Å². The van der Waals surface area contributed by atoms with Crippen LogP contribution in [0, 0.1) is 5.92 Å². The van der Waals surface area contributed by atoms with Crippen molar-refractivity contribution < 1.29 is 9.53 Å². The fourth-order valence-electron chi connectivity index (χ4n) is 5.95. The standard InChI is InChI=1S/C30H30O2.C2H6/c1-32-29(31)26-15-16-28-25(19-26)13-8-14-27-20-24(23-11-6-3-7-12-23)17-18-30(27,28)21-22-9-4-2-5-10-22;1-2/h2-7,9-12,15-17,19,27H,8,13-14,18,20-21H2,1H3;1-2H3. The number of hydrogen-bond acceptors (Lipinski definition) is 2. The van der Waals surface area contributed by atoms with E-state index in [2.05, 4.69) is 78.9 Å². The van der Waals surface area contributed by atoms with Gasteiger partial charge in [0.15, 0.2) is 0 Å². The molecule has 176 valence electrons. The summed E-state index contributed by atoms with van der Waals surface area (Å²) in [6, 6.07) is 28.0. The number of carbonyl (C=O) groups excluding carboxylic acids is 1. The van der Waals surface area contributed by atoms with Crippen molar-refractivity contribution in [3.8, 4) is 0 Å². The van der Waals surface area contributed by atoms with Crippen molar-refractivity contribution in [1.29, 1.82) is 0 Å². The lowest BCUT2D eigenvalue weighted by molar-refractivity contribution is 0.0600. The highest BCUT2D eigenvalue weighted by Crippen LogP contribution is 2.52. The lowest BCUT2D eigenvalue weighted by Gasteiger charge is -2.44. The molecular formula is C32H36O2. The lowest BCUT2D eigenvalue weighted by Crippen LogP contribution is -2.39. The minimum Gasteiger partial charge on any atom is -0.465 e. The molecule has 0 heterocycles. The van der Waals surface area contributed by atoms with Crippen molar-refractivity contribution in [1.82, 2.24) is 0 Å². The Bertz CT molecular complexity index is 1130. The molecule has 0 fully saturated rings. The predicted octanol–water partition coefficient (Wildman–Crippen LogP) is 7.81. The summed E-state index contributed by atoms with van der Waals surface area (Å²) in [5.74, 6) is 0.328. The van der Waals surface area contributed by atoms with Gasteiger partial charge in [0.2, 0.25) is 0 Å². The Morgan fingerprint density at radius 2 is 1.68 bits per heavy atom. The molecule has 3 aromatic rings. The van der Waals surface area contributed by atoms with Gasteiger partial charge < -0.3 is 4.74 Å². The fourth-order valence-corrected chi connectivity index (χ4v) is 5.95. The van der Waals surface area contributed by atoms with Crippen molar-refractivity contribution in [3.63, 3.8) is 0 Å². The first-order chi connectivity index (χ1) is 16.7. The average Bonchev–Trinajstić information content (AvgIpc) is 3.06. The number of hydrogen-bond donors (Lipinski definition) is 0. The summed E-state index contributed by atoms with van der Waals surface area (Å²) < 4.78 is 5.00. The molecule has 5 rings (SSSR count). The first-order valence-electron chi connectivity index (χ1n) is 12.7. The van der Waals surface area contributed by atoms with Gasteiger partial charge in [0.1, 0.15) is 0 Å². The van der Waals surface area contributed by atoms with Crippen molar-refractivity contribution in [3.05, 3.63) is 113 Å². The monoisotopic (exact) mass is 452 g/mol. The molecule has 0 aliphatic heterocycles. The quantitative estimate of drug-likeness (QED) is 0.377. The molecular weight excluding hydrogens is 416 g/mol. The van der Waals surface area contributed by atoms with Crippen LogP contribution in [-0.4, -0.2) is 13.1 Å². The summed E-state index contributed by atoms with van der Waals surface area (Å²) in [4.78, 5) is 12.2. The highest BCUT2D eigenvalue weighted by Gasteiger charge is 2.44. The molecule has 0 N–H and O–H groups in total. The first-order valence-corrected chi connectivity index (χ1v) is 12.7. The number of ether oxygens (including phenoxy) is 1. The molecule has 2 aliphatic carbocycles. The smallest absolute Gasteiger partial charge is 0.337 e. The van der Waals surface area contributed by atoms with Gasteiger partial charge in [-0.1, -0.05) is 86.7 Å². The minimum atomic E-state index is -0.249. The number of allylic oxidation sites excluding steroid dienone is 2. The number of fused-ring (bicyclic) bond motifs is 3. The maximum absolute atomic E-state index is 12.2. The summed E-state index contributed by atoms with van der Waals surface area (Å²) in [5.41, 5.74) is 7.69. The van der Waals surface area contributed by atoms with E-state index in [0.29, 0.717) is 11.5 Å². The normalized spacial score (nSPS) is 21.0. The van der Waals surface area contributed by atoms with Crippen LogP contribution < -0.4 is 0 Å². The van der Waals surface area contributed by atoms with Crippen LogP contribution in [0.1, 0.15) is 72.1 Å². The second-order valence-electron chi connectivity index (χ2n) is 9.27. The Morgan fingerprint density at radius 3 is 2.38 bits per heavy atom. The van der Waals surface area contributed by atoms with E-state index in [9.17, 15) is 4.79 Å². The number of aryl methyl sites for hydroxylation is 1. The molecule has 0 saturated carbocycles. The van der Waals surface area contributed by atoms with Gasteiger partial charge in [-0.2, -0.15) is 0 Å². The molecule has 2 atom stereocenters. The maximum atomic E-state index is 12.2. The predicted molar refractivity (Wildman–Crippen MR) is 141 cm³/mol. The molecule has 3 aromatic carbocycles. The summed E-state index contributed by atoms with van der Waals surface area (Å²) in [6.45, 7) is 4.00. The molecule has 0 spiro atoms. The fraction of sp³-hybridized carbons (Fsp3) is 0.344. The van der Waals surface area contributed by atoms with Gasteiger partial charge in [0.25, 0.3) is 0 Å². The molecule has 2 aliphatic rings. The zero-order chi connectivity index (χ0) is 24.0. The maximum Gasteiger partial charge on any atom is 0.337 e. The van der Waals surface area contributed by atoms with E-state index in [1.165, 1.54) is 41.4 Å². The van der Waals surface area contributed by atoms with E-state index in [1.807, 2.05) is 19.9 Å². The SMILES string of the molecule is CC.COC(=O)c1ccc2c(c1)CCCC1CC(c3ccccc3)=CCC21Cc1ccccc1. The van der Waals surface area contributed by atoms with E-state index >= 15 is 0 Å². The summed E-state index contributed by atoms with van der Waals surface area (Å²) in [7, 11) is 1.46. The largest absolute Gasteiger partial charge is 0.465 e. The molecule has 0 saturated heterocycles. The summed E-state index contributed by atoms with van der Waals surface area (Å²) >= 11 is 0. The number of rotatable bonds is 4. The Labute approximate surface area is 204 Å². The third kappa shape index (κ3) is 4.73. The molecule has 2 heteroatoms. The van der Waals surface area contributed by atoms with E-state index in [1.54, 1.807) is 0 Å². The Hall–Kier alpha value is -3.13. The summed E-state index contributed by atoms with van der Waals surface area (Å²) in [6.07, 6.45) is 9.03. The van der Waals surface area contributed by atoms with Crippen LogP contribution in [0.15, 0.2) is 84.9 Å². The highest BCUT2D eigenvalue weighted by molar-refractivity contribution is 5.89. The Kier molecular flexibility index (Phi) is 7.67. The number of esters is 1. The first kappa shape index (κ1) is 24.0. The summed E-state index contributed by atoms with van der Waals surface area (Å²) in [5, 5.41) is 0. The van der Waals surface area contributed by atoms with E-state index in [0.717, 1.165) is 32.1 Å². The topological polar surface area (TPSA) is 26.3 Å². The number of methoxy groups -OCH3 is 1. The van der Waals surface area contributed by atoms with Crippen LogP contribution in [0.2, 0.25) is 0 Å². The van der Waals surface area contributed by atoms with Crippen LogP contribution in [0.3, 0.4) is 0 Å². The average molecular weight is 453 g/mol. The zero-order valence-corrected chi connectivity index (χ0v) is 20.7. The molecule has 0 amide bonds. The van der Waals surface area contributed by atoms with Gasteiger partial charge in [-0.25, -0.2) is 4.79 Å². The van der Waals surface area contributed by atoms with Crippen molar-refractivity contribution >= 4 is 11.5 Å². The lowest BCUT2D eigenvalue weighted by atomic mass is 9.59. The molecule has 2 unspecified atom stereocenters. The van der Waals surface area contributed by atoms with Gasteiger partial charge >= 0.3 is 5.97 Å². The van der Waals surface area contributed by atoms with E-state index in [-0.39, 0.29) is 11.4 Å². The molecule has 0 aromatic heterocycles. The van der Waals surface area contributed by atoms with Crippen LogP contribution in [0.4, 0.5) is 0 Å². The molecule has 0 radical (unpaired) electrons. The van der Waals surface area contributed by atoms with Crippen LogP contribution in [-0.2, 0) is 23.0 Å². The molecule has 2 nitrogen and oxygen atoms in total. The number of carbonyl (C=O) groups is 1. The van der Waals surface area contributed by atoms with Gasteiger partial charge in [-0.15, -0.1) is 0 Å². The number of benzene rings is 3. The van der Waals surface area contributed by atoms with Gasteiger partial charge in [-0.3, -0.25) is 0 Å². The van der Waals surface area contributed by atoms with Crippen molar-refractivity contribution in [2.45, 2.75) is 57.8 Å². The minimum absolute atomic E-state index is 0.0557. The van der Waals surface area contributed by atoms with Crippen molar-refractivity contribution in [2.24, 2.45) is 5.92 Å². The van der Waals surface area contributed by atoms with Crippen LogP contribution in [0.5, 0.6) is 0 Å².